The molecule has 2 amide bonds. The molecule has 1 saturated heterocycles. The van der Waals surface area contributed by atoms with Crippen molar-refractivity contribution in [2.75, 3.05) is 4.90 Å². The second-order valence-electron chi connectivity index (χ2n) is 8.66. The average Bonchev–Trinajstić information content (AvgIpc) is 3.42. The van der Waals surface area contributed by atoms with Gasteiger partial charge in [-0.25, -0.2) is 14.3 Å². The summed E-state index contributed by atoms with van der Waals surface area (Å²) in [6.07, 6.45) is 0.484. The number of amidine groups is 1. The second kappa shape index (κ2) is 9.99. The number of halogens is 2. The van der Waals surface area contributed by atoms with Gasteiger partial charge in [-0.1, -0.05) is 81.8 Å². The van der Waals surface area contributed by atoms with Gasteiger partial charge in [-0.05, 0) is 42.3 Å². The van der Waals surface area contributed by atoms with Crippen LogP contribution in [0.25, 0.3) is 0 Å². The Kier molecular flexibility index (Phi) is 6.77. The van der Waals surface area contributed by atoms with Crippen LogP contribution in [0.5, 0.6) is 0 Å². The van der Waals surface area contributed by atoms with Crippen LogP contribution in [0.15, 0.2) is 82.4 Å². The SMILES string of the molecule is Cc1ccc(C2=NN(C(=N)S[C@H]3CC(=O)N(c4ccccc4F)C3=O)[C@H](c3ccc(Br)cc3)C2)cc1. The lowest BCUT2D eigenvalue weighted by molar-refractivity contribution is -0.121. The lowest BCUT2D eigenvalue weighted by Gasteiger charge is -2.24. The van der Waals surface area contributed by atoms with Crippen LogP contribution in [0.3, 0.4) is 0 Å². The molecule has 0 unspecified atom stereocenters. The van der Waals surface area contributed by atoms with Gasteiger partial charge >= 0.3 is 0 Å². The van der Waals surface area contributed by atoms with Gasteiger partial charge in [0.15, 0.2) is 5.17 Å². The highest BCUT2D eigenvalue weighted by atomic mass is 79.9. The lowest BCUT2D eigenvalue weighted by atomic mass is 9.98. The maximum atomic E-state index is 14.3. The molecule has 0 radical (unpaired) electrons. The molecule has 5 rings (SSSR count). The largest absolute Gasteiger partial charge is 0.277 e. The van der Waals surface area contributed by atoms with Crippen molar-refractivity contribution in [1.29, 1.82) is 5.41 Å². The van der Waals surface area contributed by atoms with Crippen LogP contribution in [0, 0.1) is 18.2 Å². The summed E-state index contributed by atoms with van der Waals surface area (Å²) < 4.78 is 15.2. The van der Waals surface area contributed by atoms with E-state index in [0.29, 0.717) is 6.42 Å². The summed E-state index contributed by atoms with van der Waals surface area (Å²) in [5.74, 6) is -1.64. The van der Waals surface area contributed by atoms with Gasteiger partial charge in [-0.15, -0.1) is 0 Å². The van der Waals surface area contributed by atoms with Gasteiger partial charge in [0.25, 0.3) is 0 Å². The van der Waals surface area contributed by atoms with Crippen LogP contribution in [0.1, 0.15) is 35.6 Å². The van der Waals surface area contributed by atoms with Crippen LogP contribution in [0.4, 0.5) is 10.1 Å². The first-order valence-corrected chi connectivity index (χ1v) is 13.0. The molecule has 6 nitrogen and oxygen atoms in total. The van der Waals surface area contributed by atoms with Crippen LogP contribution in [0.2, 0.25) is 0 Å². The fourth-order valence-corrected chi connectivity index (χ4v) is 5.58. The standard InChI is InChI=1S/C27H22BrFN4O2S/c1-16-6-8-17(9-7-16)21-14-23(18-10-12-19(28)13-11-18)33(31-21)27(30)36-24-15-25(34)32(26(24)35)22-5-3-2-4-20(22)29/h2-13,23-24,30H,14-15H2,1H3/t23-,24-/m0/s1. The molecule has 9 heteroatoms. The maximum Gasteiger partial charge on any atom is 0.247 e. The molecule has 0 aliphatic carbocycles. The van der Waals surface area contributed by atoms with E-state index in [1.165, 1.54) is 18.2 Å². The summed E-state index contributed by atoms with van der Waals surface area (Å²) in [7, 11) is 0. The number of carbonyl (C=O) groups is 2. The quantitative estimate of drug-likeness (QED) is 0.238. The van der Waals surface area contributed by atoms with E-state index in [1.807, 2.05) is 55.5 Å². The molecule has 1 fully saturated rings. The average molecular weight is 565 g/mol. The van der Waals surface area contributed by atoms with E-state index in [0.717, 1.165) is 43.5 Å². The van der Waals surface area contributed by atoms with Crippen molar-refractivity contribution in [3.8, 4) is 0 Å². The van der Waals surface area contributed by atoms with Gasteiger partial charge in [0.05, 0.1) is 17.4 Å². The molecular formula is C27H22BrFN4O2S. The second-order valence-corrected chi connectivity index (χ2v) is 10.8. The lowest BCUT2D eigenvalue weighted by Crippen LogP contribution is -2.33. The Morgan fingerprint density at radius 2 is 1.72 bits per heavy atom. The van der Waals surface area contributed by atoms with E-state index in [9.17, 15) is 14.0 Å². The highest BCUT2D eigenvalue weighted by Gasteiger charge is 2.43. The highest BCUT2D eigenvalue weighted by Crippen LogP contribution is 2.38. The molecule has 0 aromatic heterocycles. The molecule has 1 N–H and O–H groups in total. The third-order valence-electron chi connectivity index (χ3n) is 6.21. The van der Waals surface area contributed by atoms with Crippen LogP contribution < -0.4 is 4.90 Å². The zero-order chi connectivity index (χ0) is 25.4. The van der Waals surface area contributed by atoms with Crippen LogP contribution in [-0.2, 0) is 9.59 Å². The Balaban J connectivity index is 1.41. The van der Waals surface area contributed by atoms with Gasteiger partial charge in [-0.2, -0.15) is 5.10 Å². The molecule has 0 bridgehead atoms. The fourth-order valence-electron chi connectivity index (χ4n) is 4.33. The minimum absolute atomic E-state index is 0.0595. The smallest absolute Gasteiger partial charge is 0.247 e. The Morgan fingerprint density at radius 1 is 1.03 bits per heavy atom. The summed E-state index contributed by atoms with van der Waals surface area (Å²) >= 11 is 4.44. The van der Waals surface area contributed by atoms with Gasteiger partial charge in [0.1, 0.15) is 11.1 Å². The van der Waals surface area contributed by atoms with E-state index in [4.69, 9.17) is 10.5 Å². The third-order valence-corrected chi connectivity index (χ3v) is 7.80. The number of hydrazone groups is 1. The highest BCUT2D eigenvalue weighted by molar-refractivity contribution is 9.10. The van der Waals surface area contributed by atoms with Crippen molar-refractivity contribution in [1.82, 2.24) is 5.01 Å². The maximum absolute atomic E-state index is 14.3. The monoisotopic (exact) mass is 564 g/mol. The van der Waals surface area contributed by atoms with Crippen molar-refractivity contribution in [2.24, 2.45) is 5.10 Å². The molecule has 3 aromatic rings. The van der Waals surface area contributed by atoms with E-state index in [-0.39, 0.29) is 23.3 Å². The number of rotatable bonds is 4. The molecular weight excluding hydrogens is 543 g/mol. The zero-order valence-electron chi connectivity index (χ0n) is 19.3. The summed E-state index contributed by atoms with van der Waals surface area (Å²) in [6.45, 7) is 2.02. The number of aryl methyl sites for hydroxylation is 1. The number of anilines is 1. The Bertz CT molecular complexity index is 1380. The number of imide groups is 1. The first-order chi connectivity index (χ1) is 17.3. The summed E-state index contributed by atoms with van der Waals surface area (Å²) in [4.78, 5) is 26.6. The van der Waals surface area contributed by atoms with Gasteiger partial charge in [0, 0.05) is 17.3 Å². The summed E-state index contributed by atoms with van der Waals surface area (Å²) in [5, 5.41) is 14.5. The Morgan fingerprint density at radius 3 is 2.42 bits per heavy atom. The number of thioether (sulfide) groups is 1. The molecule has 3 aromatic carbocycles. The number of para-hydroxylation sites is 1. The number of amides is 2. The van der Waals surface area contributed by atoms with Gasteiger partial charge in [0.2, 0.25) is 11.8 Å². The predicted molar refractivity (Wildman–Crippen MR) is 144 cm³/mol. The number of nitrogens with zero attached hydrogens (tertiary/aromatic N) is 3. The Labute approximate surface area is 220 Å². The fraction of sp³-hybridized carbons (Fsp3) is 0.185. The number of hydrogen-bond donors (Lipinski definition) is 1. The first-order valence-electron chi connectivity index (χ1n) is 11.4. The number of nitrogens with one attached hydrogen (secondary N) is 1. The van der Waals surface area contributed by atoms with Crippen molar-refractivity contribution < 1.29 is 14.0 Å². The topological polar surface area (TPSA) is 76.8 Å². The van der Waals surface area contributed by atoms with E-state index in [1.54, 1.807) is 11.1 Å². The number of benzene rings is 3. The molecule has 0 spiro atoms. The van der Waals surface area contributed by atoms with Crippen LogP contribution >= 0.6 is 27.7 Å². The minimum atomic E-state index is -0.825. The molecule has 2 aliphatic heterocycles. The minimum Gasteiger partial charge on any atom is -0.277 e. The summed E-state index contributed by atoms with van der Waals surface area (Å²) in [6, 6.07) is 21.4. The Hall–Kier alpha value is -3.30. The van der Waals surface area contributed by atoms with E-state index >= 15 is 0 Å². The number of carbonyl (C=O) groups excluding carboxylic acids is 2. The van der Waals surface area contributed by atoms with Crippen molar-refractivity contribution >= 4 is 56.1 Å². The number of hydrogen-bond acceptors (Lipinski definition) is 5. The van der Waals surface area contributed by atoms with Crippen molar-refractivity contribution in [3.63, 3.8) is 0 Å². The van der Waals surface area contributed by atoms with Crippen LogP contribution in [-0.4, -0.2) is 33.0 Å². The summed E-state index contributed by atoms with van der Waals surface area (Å²) in [5.41, 5.74) is 3.88. The zero-order valence-corrected chi connectivity index (χ0v) is 21.7. The molecule has 2 aliphatic rings. The first kappa shape index (κ1) is 24.4. The molecule has 182 valence electrons. The normalized spacial score (nSPS) is 19.7. The molecule has 36 heavy (non-hydrogen) atoms. The predicted octanol–water partition coefficient (Wildman–Crippen LogP) is 6.05. The van der Waals surface area contributed by atoms with Gasteiger partial charge < -0.3 is 0 Å². The molecule has 2 heterocycles. The van der Waals surface area contributed by atoms with Gasteiger partial charge in [-0.3, -0.25) is 15.0 Å². The van der Waals surface area contributed by atoms with Crippen molar-refractivity contribution in [3.05, 3.63) is 99.8 Å². The third kappa shape index (κ3) is 4.73. The molecule has 2 atom stereocenters. The van der Waals surface area contributed by atoms with E-state index < -0.39 is 22.9 Å². The molecule has 0 saturated carbocycles. The van der Waals surface area contributed by atoms with Crippen molar-refractivity contribution in [2.45, 2.75) is 31.1 Å². The van der Waals surface area contributed by atoms with E-state index in [2.05, 4.69) is 15.9 Å².